The Hall–Kier alpha value is -2.48. The quantitative estimate of drug-likeness (QED) is 0.670. The van der Waals surface area contributed by atoms with E-state index in [9.17, 15) is 9.18 Å². The molecular weight excluding hydrogens is 433 g/mol. The summed E-state index contributed by atoms with van der Waals surface area (Å²) in [5, 5.41) is 3.10. The maximum Gasteiger partial charge on any atom is 0.258 e. The van der Waals surface area contributed by atoms with Crippen LogP contribution in [-0.4, -0.2) is 73.8 Å². The number of benzene rings is 2. The van der Waals surface area contributed by atoms with Crippen LogP contribution < -0.4 is 10.1 Å². The average molecular weight is 470 g/mol. The number of carbonyl (C=O) groups is 1. The first-order chi connectivity index (χ1) is 16.3. The second kappa shape index (κ2) is 10.8. The lowest BCUT2D eigenvalue weighted by atomic mass is 9.94. The van der Waals surface area contributed by atoms with Gasteiger partial charge in [0.1, 0.15) is 11.6 Å². The molecule has 2 fully saturated rings. The Morgan fingerprint density at radius 3 is 2.53 bits per heavy atom. The van der Waals surface area contributed by atoms with Gasteiger partial charge in [0.25, 0.3) is 5.91 Å². The van der Waals surface area contributed by atoms with Crippen molar-refractivity contribution < 1.29 is 18.7 Å². The Morgan fingerprint density at radius 2 is 1.82 bits per heavy atom. The molecular formula is C27H36FN3O3. The fraction of sp³-hybridized carbons (Fsp3) is 0.519. The number of nitrogens with one attached hydrogen (secondary N) is 1. The molecule has 0 bridgehead atoms. The maximum atomic E-state index is 13.4. The monoisotopic (exact) mass is 469 g/mol. The zero-order valence-corrected chi connectivity index (χ0v) is 20.5. The molecule has 0 aliphatic carbocycles. The fourth-order valence-corrected chi connectivity index (χ4v) is 4.68. The second-order valence-electron chi connectivity index (χ2n) is 10.1. The van der Waals surface area contributed by atoms with E-state index in [1.165, 1.54) is 12.1 Å². The molecule has 34 heavy (non-hydrogen) atoms. The summed E-state index contributed by atoms with van der Waals surface area (Å²) in [6.07, 6.45) is 1.61. The van der Waals surface area contributed by atoms with Gasteiger partial charge in [-0.25, -0.2) is 4.39 Å². The van der Waals surface area contributed by atoms with Crippen molar-refractivity contribution in [2.75, 3.05) is 46.4 Å². The van der Waals surface area contributed by atoms with E-state index < -0.39 is 0 Å². The molecule has 6 nitrogen and oxygen atoms in total. The van der Waals surface area contributed by atoms with Gasteiger partial charge in [0.2, 0.25) is 0 Å². The molecule has 1 amide bonds. The molecule has 2 aromatic carbocycles. The normalized spacial score (nSPS) is 21.2. The van der Waals surface area contributed by atoms with Gasteiger partial charge in [-0.2, -0.15) is 0 Å². The molecule has 1 atom stereocenters. The summed E-state index contributed by atoms with van der Waals surface area (Å²) < 4.78 is 25.2. The van der Waals surface area contributed by atoms with Crippen LogP contribution in [0.4, 0.5) is 4.39 Å². The summed E-state index contributed by atoms with van der Waals surface area (Å²) in [5.74, 6) is 0.350. The number of amides is 1. The summed E-state index contributed by atoms with van der Waals surface area (Å²) in [6, 6.07) is 12.6. The summed E-state index contributed by atoms with van der Waals surface area (Å²) in [7, 11) is 2.14. The molecule has 0 radical (unpaired) electrons. The van der Waals surface area contributed by atoms with Crippen LogP contribution in [0.15, 0.2) is 42.5 Å². The van der Waals surface area contributed by atoms with Gasteiger partial charge < -0.3 is 19.7 Å². The lowest BCUT2D eigenvalue weighted by molar-refractivity contribution is -0.126. The van der Waals surface area contributed by atoms with Crippen molar-refractivity contribution in [2.24, 2.45) is 0 Å². The third-order valence-corrected chi connectivity index (χ3v) is 6.65. The lowest BCUT2D eigenvalue weighted by Gasteiger charge is -2.35. The predicted molar refractivity (Wildman–Crippen MR) is 131 cm³/mol. The van der Waals surface area contributed by atoms with Gasteiger partial charge in [0.15, 0.2) is 6.61 Å². The van der Waals surface area contributed by atoms with Gasteiger partial charge in [0, 0.05) is 50.9 Å². The van der Waals surface area contributed by atoms with Crippen molar-refractivity contribution in [3.8, 4) is 16.9 Å². The Bertz CT molecular complexity index is 972. The number of piperazine rings is 1. The molecule has 2 aliphatic rings. The molecule has 2 heterocycles. The molecule has 0 spiro atoms. The van der Waals surface area contributed by atoms with E-state index in [0.29, 0.717) is 12.4 Å². The van der Waals surface area contributed by atoms with Crippen LogP contribution in [0.5, 0.6) is 5.75 Å². The van der Waals surface area contributed by atoms with Crippen molar-refractivity contribution >= 4 is 5.91 Å². The highest BCUT2D eigenvalue weighted by molar-refractivity contribution is 5.78. The summed E-state index contributed by atoms with van der Waals surface area (Å²) >= 11 is 0. The van der Waals surface area contributed by atoms with Crippen LogP contribution in [0.1, 0.15) is 32.3 Å². The van der Waals surface area contributed by atoms with Gasteiger partial charge in [-0.3, -0.25) is 9.69 Å². The molecule has 184 valence electrons. The minimum atomic E-state index is -0.250. The first-order valence-electron chi connectivity index (χ1n) is 12.1. The van der Waals surface area contributed by atoms with Gasteiger partial charge in [0.05, 0.1) is 5.60 Å². The molecule has 7 heteroatoms. The number of halogens is 1. The van der Waals surface area contributed by atoms with Crippen LogP contribution in [0.2, 0.25) is 0 Å². The first-order valence-corrected chi connectivity index (χ1v) is 12.1. The van der Waals surface area contributed by atoms with E-state index in [4.69, 9.17) is 9.47 Å². The standard InChI is InChI=1S/C27H36FN3O3/c1-27(2)17-24(10-15-34-27)29-26(32)19-33-25-9-6-21(20-4-7-23(28)8-5-20)16-22(25)18-31-13-11-30(3)12-14-31/h4-9,16,24H,10-15,17-19H2,1-3H3,(H,29,32)/t24-/m0/s1. The van der Waals surface area contributed by atoms with Crippen LogP contribution >= 0.6 is 0 Å². The highest BCUT2D eigenvalue weighted by Gasteiger charge is 2.29. The molecule has 0 aromatic heterocycles. The molecule has 2 aromatic rings. The summed E-state index contributed by atoms with van der Waals surface area (Å²) in [4.78, 5) is 17.4. The maximum absolute atomic E-state index is 13.4. The highest BCUT2D eigenvalue weighted by Crippen LogP contribution is 2.29. The zero-order chi connectivity index (χ0) is 24.1. The van der Waals surface area contributed by atoms with Crippen molar-refractivity contribution in [3.63, 3.8) is 0 Å². The fourth-order valence-electron chi connectivity index (χ4n) is 4.68. The lowest BCUT2D eigenvalue weighted by Crippen LogP contribution is -2.47. The Kier molecular flexibility index (Phi) is 7.86. The second-order valence-corrected chi connectivity index (χ2v) is 10.1. The molecule has 0 unspecified atom stereocenters. The van der Waals surface area contributed by atoms with Crippen LogP contribution in [0.3, 0.4) is 0 Å². The number of nitrogens with zero attached hydrogens (tertiary/aromatic N) is 2. The van der Waals surface area contributed by atoms with E-state index in [2.05, 4.69) is 42.1 Å². The van der Waals surface area contributed by atoms with Crippen molar-refractivity contribution in [1.82, 2.24) is 15.1 Å². The van der Waals surface area contributed by atoms with E-state index in [-0.39, 0.29) is 30.0 Å². The third-order valence-electron chi connectivity index (χ3n) is 6.65. The minimum absolute atomic E-state index is 0.0244. The predicted octanol–water partition coefficient (Wildman–Crippen LogP) is 3.69. The topological polar surface area (TPSA) is 54.0 Å². The number of hydrogen-bond acceptors (Lipinski definition) is 5. The van der Waals surface area contributed by atoms with Gasteiger partial charge >= 0.3 is 0 Å². The van der Waals surface area contributed by atoms with Crippen molar-refractivity contribution in [3.05, 3.63) is 53.8 Å². The molecule has 2 aliphatic heterocycles. The number of likely N-dealkylation sites (N-methyl/N-ethyl adjacent to an activating group) is 1. The largest absolute Gasteiger partial charge is 0.483 e. The van der Waals surface area contributed by atoms with E-state index in [1.54, 1.807) is 12.1 Å². The number of hydrogen-bond donors (Lipinski definition) is 1. The third kappa shape index (κ3) is 6.78. The number of ether oxygens (including phenoxy) is 2. The zero-order valence-electron chi connectivity index (χ0n) is 20.5. The van der Waals surface area contributed by atoms with Crippen LogP contribution in [0, 0.1) is 5.82 Å². The molecule has 0 saturated carbocycles. The molecule has 4 rings (SSSR count). The Labute approximate surface area is 202 Å². The Morgan fingerprint density at radius 1 is 1.12 bits per heavy atom. The smallest absolute Gasteiger partial charge is 0.258 e. The summed E-state index contributed by atoms with van der Waals surface area (Å²) in [6.45, 7) is 9.49. The number of carbonyl (C=O) groups excluding carboxylic acids is 1. The minimum Gasteiger partial charge on any atom is -0.483 e. The van der Waals surface area contributed by atoms with E-state index >= 15 is 0 Å². The first kappa shape index (κ1) is 24.6. The summed E-state index contributed by atoms with van der Waals surface area (Å²) in [5.41, 5.74) is 2.77. The van der Waals surface area contributed by atoms with Gasteiger partial charge in [-0.15, -0.1) is 0 Å². The molecule has 1 N–H and O–H groups in total. The van der Waals surface area contributed by atoms with Gasteiger partial charge in [-0.05, 0) is 69.1 Å². The molecule has 2 saturated heterocycles. The van der Waals surface area contributed by atoms with Crippen molar-refractivity contribution in [1.29, 1.82) is 0 Å². The van der Waals surface area contributed by atoms with E-state index in [1.807, 2.05) is 12.1 Å². The van der Waals surface area contributed by atoms with Crippen LogP contribution in [0.25, 0.3) is 11.1 Å². The van der Waals surface area contributed by atoms with Crippen molar-refractivity contribution in [2.45, 2.75) is 44.9 Å². The highest BCUT2D eigenvalue weighted by atomic mass is 19.1. The van der Waals surface area contributed by atoms with E-state index in [0.717, 1.165) is 62.3 Å². The Balaban J connectivity index is 1.45. The van der Waals surface area contributed by atoms with Crippen LogP contribution in [-0.2, 0) is 16.1 Å². The SMILES string of the molecule is CN1CCN(Cc2cc(-c3ccc(F)cc3)ccc2OCC(=O)N[C@H]2CCOC(C)(C)C2)CC1. The average Bonchev–Trinajstić information content (AvgIpc) is 2.79. The number of rotatable bonds is 7. The van der Waals surface area contributed by atoms with Gasteiger partial charge in [-0.1, -0.05) is 18.2 Å².